The molecule has 4 rings (SSSR count). The van der Waals surface area contributed by atoms with Crippen LogP contribution in [0.1, 0.15) is 11.1 Å². The van der Waals surface area contributed by atoms with Crippen molar-refractivity contribution in [3.63, 3.8) is 0 Å². The van der Waals surface area contributed by atoms with Crippen LogP contribution in [0.4, 0.5) is 18.0 Å². The van der Waals surface area contributed by atoms with Gasteiger partial charge >= 0.3 is 12.2 Å². The van der Waals surface area contributed by atoms with E-state index in [-0.39, 0.29) is 11.6 Å². The fourth-order valence-corrected chi connectivity index (χ4v) is 4.00. The number of alkyl halides is 3. The van der Waals surface area contributed by atoms with Gasteiger partial charge in [-0.3, -0.25) is 10.2 Å². The number of carbonyl (C=O) groups is 1. The highest BCUT2D eigenvalue weighted by atomic mass is 32.1. The summed E-state index contributed by atoms with van der Waals surface area (Å²) in [6.07, 6.45) is -3.82. The number of halogens is 3. The second-order valence-electron chi connectivity index (χ2n) is 6.27. The number of urea groups is 1. The standard InChI is InChI=1S/C16H14F3N5O2S/c1-22-11-12(23(2)15(22)26)21-24-13(25)10(27-14(24)20-11)7-8-3-5-9(6-4-8)16(17,18)19/h3-7,11-12,21H,1-2H3/b10-7-. The van der Waals surface area contributed by atoms with E-state index in [1.807, 2.05) is 0 Å². The highest BCUT2D eigenvalue weighted by molar-refractivity contribution is 7.07. The predicted molar refractivity (Wildman–Crippen MR) is 92.2 cm³/mol. The van der Waals surface area contributed by atoms with E-state index in [1.165, 1.54) is 32.7 Å². The van der Waals surface area contributed by atoms with Gasteiger partial charge in [-0.2, -0.15) is 17.8 Å². The Morgan fingerprint density at radius 1 is 1.15 bits per heavy atom. The van der Waals surface area contributed by atoms with Crippen molar-refractivity contribution in [2.24, 2.45) is 4.99 Å². The van der Waals surface area contributed by atoms with Crippen molar-refractivity contribution in [3.8, 4) is 0 Å². The maximum absolute atomic E-state index is 12.7. The molecule has 2 amide bonds. The summed E-state index contributed by atoms with van der Waals surface area (Å²) in [5.74, 6) is 0. The van der Waals surface area contributed by atoms with Crippen LogP contribution in [0.2, 0.25) is 0 Å². The number of aromatic nitrogens is 1. The number of nitrogens with one attached hydrogen (secondary N) is 1. The lowest BCUT2D eigenvalue weighted by atomic mass is 10.1. The number of hydrogen-bond donors (Lipinski definition) is 1. The minimum atomic E-state index is -4.41. The first kappa shape index (κ1) is 17.6. The average Bonchev–Trinajstić information content (AvgIpc) is 3.03. The van der Waals surface area contributed by atoms with Crippen LogP contribution >= 0.6 is 11.3 Å². The van der Waals surface area contributed by atoms with Crippen LogP contribution in [0.15, 0.2) is 34.1 Å². The molecule has 1 saturated heterocycles. The van der Waals surface area contributed by atoms with Crippen molar-refractivity contribution < 1.29 is 18.0 Å². The normalized spacial score (nSPS) is 22.4. The molecule has 1 aromatic heterocycles. The largest absolute Gasteiger partial charge is 0.416 e. The molecule has 0 saturated carbocycles. The van der Waals surface area contributed by atoms with Crippen molar-refractivity contribution >= 4 is 23.4 Å². The van der Waals surface area contributed by atoms with Crippen LogP contribution < -0.4 is 20.3 Å². The second-order valence-corrected chi connectivity index (χ2v) is 7.28. The molecule has 0 radical (unpaired) electrons. The average molecular weight is 397 g/mol. The van der Waals surface area contributed by atoms with E-state index in [2.05, 4.69) is 10.4 Å². The van der Waals surface area contributed by atoms with Crippen LogP contribution in [0.3, 0.4) is 0 Å². The van der Waals surface area contributed by atoms with Crippen molar-refractivity contribution in [1.29, 1.82) is 0 Å². The number of nitrogens with zero attached hydrogens (tertiary/aromatic N) is 4. The van der Waals surface area contributed by atoms with Gasteiger partial charge in [0.15, 0.2) is 12.3 Å². The highest BCUT2D eigenvalue weighted by Crippen LogP contribution is 2.29. The molecule has 27 heavy (non-hydrogen) atoms. The maximum Gasteiger partial charge on any atom is 0.416 e. The Morgan fingerprint density at radius 3 is 2.44 bits per heavy atom. The highest BCUT2D eigenvalue weighted by Gasteiger charge is 2.44. The molecule has 0 bridgehead atoms. The Balaban J connectivity index is 1.74. The third-order valence-corrected chi connectivity index (χ3v) is 5.53. The van der Waals surface area contributed by atoms with E-state index in [0.29, 0.717) is 14.9 Å². The zero-order valence-electron chi connectivity index (χ0n) is 14.2. The molecule has 0 spiro atoms. The first-order chi connectivity index (χ1) is 12.7. The predicted octanol–water partition coefficient (Wildman–Crippen LogP) is 0.584. The van der Waals surface area contributed by atoms with Crippen molar-refractivity contribution in [2.45, 2.75) is 18.5 Å². The van der Waals surface area contributed by atoms with Crippen LogP contribution in [-0.4, -0.2) is 46.9 Å². The molecular weight excluding hydrogens is 383 g/mol. The van der Waals surface area contributed by atoms with Crippen molar-refractivity contribution in [1.82, 2.24) is 14.5 Å². The number of likely N-dealkylation sites (N-methyl/N-ethyl adjacent to an activating group) is 2. The van der Waals surface area contributed by atoms with Crippen LogP contribution in [-0.2, 0) is 6.18 Å². The van der Waals surface area contributed by atoms with Crippen LogP contribution in [0, 0.1) is 0 Å². The lowest BCUT2D eigenvalue weighted by Gasteiger charge is -2.26. The van der Waals surface area contributed by atoms with Gasteiger partial charge in [0.2, 0.25) is 4.80 Å². The van der Waals surface area contributed by atoms with Gasteiger partial charge in [0.05, 0.1) is 10.1 Å². The lowest BCUT2D eigenvalue weighted by molar-refractivity contribution is -0.137. The summed E-state index contributed by atoms with van der Waals surface area (Å²) in [7, 11) is 3.24. The third kappa shape index (κ3) is 2.78. The molecule has 2 unspecified atom stereocenters. The van der Waals surface area contributed by atoms with Crippen molar-refractivity contribution in [3.05, 3.63) is 55.1 Å². The molecule has 7 nitrogen and oxygen atoms in total. The van der Waals surface area contributed by atoms with Gasteiger partial charge in [0.1, 0.15) is 0 Å². The van der Waals surface area contributed by atoms with Gasteiger partial charge in [0, 0.05) is 14.1 Å². The Kier molecular flexibility index (Phi) is 3.81. The smallest absolute Gasteiger partial charge is 0.302 e. The molecule has 1 N–H and O–H groups in total. The molecule has 142 valence electrons. The molecule has 11 heteroatoms. The third-order valence-electron chi connectivity index (χ3n) is 4.55. The number of rotatable bonds is 1. The molecule has 2 aromatic rings. The Hall–Kier alpha value is -2.82. The molecule has 2 aliphatic heterocycles. The fraction of sp³-hybridized carbons (Fsp3) is 0.312. The van der Waals surface area contributed by atoms with E-state index >= 15 is 0 Å². The molecule has 2 atom stereocenters. The topological polar surface area (TPSA) is 69.9 Å². The van der Waals surface area contributed by atoms with Gasteiger partial charge in [-0.1, -0.05) is 23.5 Å². The molecular formula is C16H14F3N5O2S. The quantitative estimate of drug-likeness (QED) is 0.766. The summed E-state index contributed by atoms with van der Waals surface area (Å²) < 4.78 is 39.6. The first-order valence-corrected chi connectivity index (χ1v) is 8.73. The number of carbonyl (C=O) groups excluding carboxylic acids is 1. The number of fused-ring (bicyclic) bond motifs is 2. The number of hydrogen-bond acceptors (Lipinski definition) is 5. The van der Waals surface area contributed by atoms with E-state index in [0.717, 1.165) is 23.5 Å². The van der Waals surface area contributed by atoms with Gasteiger partial charge in [-0.25, -0.2) is 9.79 Å². The van der Waals surface area contributed by atoms with E-state index in [1.54, 1.807) is 14.1 Å². The molecule has 1 fully saturated rings. The summed E-state index contributed by atoms with van der Waals surface area (Å²) in [6.45, 7) is 0. The number of amides is 2. The first-order valence-electron chi connectivity index (χ1n) is 7.91. The maximum atomic E-state index is 12.7. The zero-order valence-corrected chi connectivity index (χ0v) is 15.0. The summed E-state index contributed by atoms with van der Waals surface area (Å²) in [6, 6.07) is 4.36. The lowest BCUT2D eigenvalue weighted by Crippen LogP contribution is -2.54. The van der Waals surface area contributed by atoms with E-state index in [4.69, 9.17) is 0 Å². The summed E-state index contributed by atoms with van der Waals surface area (Å²) in [5.41, 5.74) is 2.35. The summed E-state index contributed by atoms with van der Waals surface area (Å²) in [5, 5.41) is 0. The summed E-state index contributed by atoms with van der Waals surface area (Å²) in [4.78, 5) is 32.4. The minimum Gasteiger partial charge on any atom is -0.302 e. The van der Waals surface area contributed by atoms with Crippen LogP contribution in [0.25, 0.3) is 6.08 Å². The Morgan fingerprint density at radius 2 is 1.81 bits per heavy atom. The van der Waals surface area contributed by atoms with E-state index < -0.39 is 24.1 Å². The monoisotopic (exact) mass is 397 g/mol. The fourth-order valence-electron chi connectivity index (χ4n) is 3.04. The Labute approximate surface area is 154 Å². The molecule has 3 heterocycles. The van der Waals surface area contributed by atoms with Gasteiger partial charge in [0.25, 0.3) is 5.56 Å². The molecule has 1 aromatic carbocycles. The number of thiazole rings is 1. The second kappa shape index (κ2) is 5.84. The van der Waals surface area contributed by atoms with Gasteiger partial charge < -0.3 is 9.80 Å². The summed E-state index contributed by atoms with van der Waals surface area (Å²) >= 11 is 1.11. The number of benzene rings is 1. The Bertz CT molecular complexity index is 1090. The van der Waals surface area contributed by atoms with Gasteiger partial charge in [-0.15, -0.1) is 0 Å². The van der Waals surface area contributed by atoms with E-state index in [9.17, 15) is 22.8 Å². The minimum absolute atomic E-state index is 0.207. The zero-order chi connectivity index (χ0) is 19.5. The van der Waals surface area contributed by atoms with Crippen molar-refractivity contribution in [2.75, 3.05) is 19.5 Å². The van der Waals surface area contributed by atoms with Gasteiger partial charge in [-0.05, 0) is 23.8 Å². The molecule has 2 aliphatic rings. The van der Waals surface area contributed by atoms with Crippen LogP contribution in [0.5, 0.6) is 0 Å². The molecule has 0 aliphatic carbocycles. The SMILES string of the molecule is CN1C(=O)N(C)C2Nn3c(s/c(=C\c4ccc(C(F)(F)F)cc4)c3=O)=NC21.